The van der Waals surface area contributed by atoms with Gasteiger partial charge in [0.25, 0.3) is 0 Å². The van der Waals surface area contributed by atoms with Crippen molar-refractivity contribution in [2.24, 2.45) is 5.92 Å². The first-order chi connectivity index (χ1) is 6.88. The Balaban J connectivity index is 2.03. The number of imidazole rings is 1. The van der Waals surface area contributed by atoms with Gasteiger partial charge in [0.15, 0.2) is 5.82 Å². The van der Waals surface area contributed by atoms with Crippen molar-refractivity contribution in [3.8, 4) is 0 Å². The molecule has 1 aliphatic carbocycles. The summed E-state index contributed by atoms with van der Waals surface area (Å²) in [7, 11) is 0. The molecule has 76 valence electrons. The first-order valence-electron chi connectivity index (χ1n) is 5.41. The second kappa shape index (κ2) is 4.40. The van der Waals surface area contributed by atoms with Gasteiger partial charge in [0.1, 0.15) is 0 Å². The van der Waals surface area contributed by atoms with Crippen LogP contribution in [0.2, 0.25) is 0 Å². The standard InChI is InChI=1S/C11H16N2O/c14-10(11-12-7-8-13-11)9-5-3-1-2-4-6-9/h7-9H,1-6H2,(H,12,13). The van der Waals surface area contributed by atoms with Crippen LogP contribution in [-0.4, -0.2) is 15.8 Å². The number of nitrogens with one attached hydrogen (secondary N) is 1. The molecule has 1 aromatic heterocycles. The van der Waals surface area contributed by atoms with Crippen molar-refractivity contribution >= 4 is 5.78 Å². The van der Waals surface area contributed by atoms with E-state index in [9.17, 15) is 4.79 Å². The van der Waals surface area contributed by atoms with Crippen LogP contribution in [0.5, 0.6) is 0 Å². The van der Waals surface area contributed by atoms with Crippen LogP contribution >= 0.6 is 0 Å². The lowest BCUT2D eigenvalue weighted by molar-refractivity contribution is 0.0898. The molecule has 1 N–H and O–H groups in total. The van der Waals surface area contributed by atoms with E-state index in [-0.39, 0.29) is 11.7 Å². The monoisotopic (exact) mass is 192 g/mol. The Morgan fingerprint density at radius 1 is 1.29 bits per heavy atom. The van der Waals surface area contributed by atoms with E-state index >= 15 is 0 Å². The molecule has 14 heavy (non-hydrogen) atoms. The van der Waals surface area contributed by atoms with Crippen molar-refractivity contribution in [2.75, 3.05) is 0 Å². The van der Waals surface area contributed by atoms with Crippen LogP contribution in [0, 0.1) is 5.92 Å². The number of aromatic amines is 1. The minimum atomic E-state index is 0.205. The van der Waals surface area contributed by atoms with Gasteiger partial charge >= 0.3 is 0 Å². The zero-order chi connectivity index (χ0) is 9.80. The summed E-state index contributed by atoms with van der Waals surface area (Å²) in [6.45, 7) is 0. The number of carbonyl (C=O) groups excluding carboxylic acids is 1. The predicted molar refractivity (Wildman–Crippen MR) is 54.1 cm³/mol. The van der Waals surface area contributed by atoms with E-state index in [4.69, 9.17) is 0 Å². The molecule has 0 saturated heterocycles. The Hall–Kier alpha value is -1.12. The van der Waals surface area contributed by atoms with Crippen LogP contribution in [-0.2, 0) is 0 Å². The number of carbonyl (C=O) groups is 1. The maximum Gasteiger partial charge on any atom is 0.201 e. The highest BCUT2D eigenvalue weighted by Crippen LogP contribution is 2.24. The molecule has 0 atom stereocenters. The average Bonchev–Trinajstić information content (AvgIpc) is 2.59. The topological polar surface area (TPSA) is 45.8 Å². The van der Waals surface area contributed by atoms with Crippen LogP contribution in [0.15, 0.2) is 12.4 Å². The molecule has 0 spiro atoms. The van der Waals surface area contributed by atoms with Crippen LogP contribution in [0.25, 0.3) is 0 Å². The van der Waals surface area contributed by atoms with E-state index in [0.717, 1.165) is 12.8 Å². The molecule has 0 radical (unpaired) electrons. The van der Waals surface area contributed by atoms with Gasteiger partial charge in [-0.05, 0) is 12.8 Å². The number of hydrogen-bond acceptors (Lipinski definition) is 2. The number of aromatic nitrogens is 2. The molecule has 0 amide bonds. The smallest absolute Gasteiger partial charge is 0.201 e. The maximum atomic E-state index is 11.9. The highest BCUT2D eigenvalue weighted by atomic mass is 16.1. The Bertz CT molecular complexity index is 284. The van der Waals surface area contributed by atoms with Gasteiger partial charge in [-0.1, -0.05) is 25.7 Å². The van der Waals surface area contributed by atoms with Crippen molar-refractivity contribution in [1.29, 1.82) is 0 Å². The zero-order valence-corrected chi connectivity index (χ0v) is 8.33. The minimum absolute atomic E-state index is 0.205. The number of nitrogens with zero attached hydrogens (tertiary/aromatic N) is 1. The lowest BCUT2D eigenvalue weighted by atomic mass is 9.95. The fraction of sp³-hybridized carbons (Fsp3) is 0.636. The van der Waals surface area contributed by atoms with Gasteiger partial charge in [-0.2, -0.15) is 0 Å². The van der Waals surface area contributed by atoms with Crippen LogP contribution in [0.3, 0.4) is 0 Å². The lowest BCUT2D eigenvalue weighted by Gasteiger charge is -2.09. The van der Waals surface area contributed by atoms with Crippen molar-refractivity contribution in [3.63, 3.8) is 0 Å². The van der Waals surface area contributed by atoms with Gasteiger partial charge in [0.2, 0.25) is 5.78 Å². The first kappa shape index (κ1) is 9.44. The van der Waals surface area contributed by atoms with E-state index in [1.165, 1.54) is 25.7 Å². The molecule has 2 rings (SSSR count). The van der Waals surface area contributed by atoms with Crippen molar-refractivity contribution in [1.82, 2.24) is 9.97 Å². The lowest BCUT2D eigenvalue weighted by Crippen LogP contribution is -2.15. The molecule has 1 fully saturated rings. The molecule has 3 nitrogen and oxygen atoms in total. The molecule has 1 aliphatic rings. The molecule has 3 heteroatoms. The summed E-state index contributed by atoms with van der Waals surface area (Å²) >= 11 is 0. The van der Waals surface area contributed by atoms with E-state index in [1.54, 1.807) is 12.4 Å². The number of ketones is 1. The number of H-pyrrole nitrogens is 1. The number of rotatable bonds is 2. The third-order valence-electron chi connectivity index (χ3n) is 2.96. The molecule has 1 saturated carbocycles. The number of Topliss-reactive ketones (excluding diaryl/α,β-unsaturated/α-hetero) is 1. The summed E-state index contributed by atoms with van der Waals surface area (Å²) < 4.78 is 0. The summed E-state index contributed by atoms with van der Waals surface area (Å²) in [5.41, 5.74) is 0. The third kappa shape index (κ3) is 2.03. The Kier molecular flexibility index (Phi) is 2.96. The SMILES string of the molecule is O=C(c1ncc[nH]1)C1CCCCCC1. The molecule has 0 bridgehead atoms. The molecular weight excluding hydrogens is 176 g/mol. The quantitative estimate of drug-likeness (QED) is 0.578. The highest BCUT2D eigenvalue weighted by Gasteiger charge is 2.22. The third-order valence-corrected chi connectivity index (χ3v) is 2.96. The summed E-state index contributed by atoms with van der Waals surface area (Å²) in [6, 6.07) is 0. The molecular formula is C11H16N2O. The molecule has 0 aliphatic heterocycles. The molecule has 1 heterocycles. The molecule has 0 unspecified atom stereocenters. The second-order valence-electron chi connectivity index (χ2n) is 3.99. The van der Waals surface area contributed by atoms with Gasteiger partial charge in [-0.3, -0.25) is 4.79 Å². The van der Waals surface area contributed by atoms with Gasteiger partial charge in [-0.25, -0.2) is 4.98 Å². The van der Waals surface area contributed by atoms with Crippen molar-refractivity contribution in [3.05, 3.63) is 18.2 Å². The van der Waals surface area contributed by atoms with Gasteiger partial charge in [0, 0.05) is 18.3 Å². The fourth-order valence-corrected chi connectivity index (χ4v) is 2.13. The number of hydrogen-bond donors (Lipinski definition) is 1. The van der Waals surface area contributed by atoms with E-state index in [1.807, 2.05) is 0 Å². The Labute approximate surface area is 83.9 Å². The van der Waals surface area contributed by atoms with E-state index in [2.05, 4.69) is 9.97 Å². The van der Waals surface area contributed by atoms with Gasteiger partial charge < -0.3 is 4.98 Å². The maximum absolute atomic E-state index is 11.9. The minimum Gasteiger partial charge on any atom is -0.342 e. The average molecular weight is 192 g/mol. The largest absolute Gasteiger partial charge is 0.342 e. The summed E-state index contributed by atoms with van der Waals surface area (Å²) in [4.78, 5) is 18.8. The Morgan fingerprint density at radius 2 is 2.00 bits per heavy atom. The summed E-state index contributed by atoms with van der Waals surface area (Å²) in [5, 5.41) is 0. The van der Waals surface area contributed by atoms with E-state index in [0.29, 0.717) is 5.82 Å². The summed E-state index contributed by atoms with van der Waals surface area (Å²) in [6.07, 6.45) is 10.4. The van der Waals surface area contributed by atoms with Crippen LogP contribution in [0.4, 0.5) is 0 Å². The van der Waals surface area contributed by atoms with Gasteiger partial charge in [0.05, 0.1) is 0 Å². The predicted octanol–water partition coefficient (Wildman–Crippen LogP) is 2.56. The van der Waals surface area contributed by atoms with E-state index < -0.39 is 0 Å². The zero-order valence-electron chi connectivity index (χ0n) is 8.33. The molecule has 1 aromatic rings. The fourth-order valence-electron chi connectivity index (χ4n) is 2.13. The normalized spacial score (nSPS) is 19.1. The first-order valence-corrected chi connectivity index (χ1v) is 5.41. The van der Waals surface area contributed by atoms with Crippen LogP contribution < -0.4 is 0 Å². The van der Waals surface area contributed by atoms with Gasteiger partial charge in [-0.15, -0.1) is 0 Å². The van der Waals surface area contributed by atoms with Crippen molar-refractivity contribution < 1.29 is 4.79 Å². The molecule has 0 aromatic carbocycles. The summed E-state index contributed by atoms with van der Waals surface area (Å²) in [5.74, 6) is 0.956. The van der Waals surface area contributed by atoms with Crippen LogP contribution in [0.1, 0.15) is 49.1 Å². The van der Waals surface area contributed by atoms with Crippen molar-refractivity contribution in [2.45, 2.75) is 38.5 Å². The highest BCUT2D eigenvalue weighted by molar-refractivity contribution is 5.94. The second-order valence-corrected chi connectivity index (χ2v) is 3.99. The Morgan fingerprint density at radius 3 is 2.57 bits per heavy atom.